The van der Waals surface area contributed by atoms with E-state index in [9.17, 15) is 4.57 Å². The molecule has 0 amide bonds. The van der Waals surface area contributed by atoms with E-state index in [1.807, 2.05) is 0 Å². The van der Waals surface area contributed by atoms with E-state index in [2.05, 4.69) is 17.9 Å². The van der Waals surface area contributed by atoms with Crippen molar-refractivity contribution in [3.05, 3.63) is 0 Å². The molecule has 0 rings (SSSR count). The molecule has 0 atom stereocenters. The van der Waals surface area contributed by atoms with Crippen LogP contribution in [0.1, 0.15) is 142 Å². The quantitative estimate of drug-likeness (QED) is 0.0986. The van der Waals surface area contributed by atoms with Crippen LogP contribution in [0.15, 0.2) is 0 Å². The number of unbranched alkanes of at least 4 members (excludes halogenated alkanes) is 18. The van der Waals surface area contributed by atoms with Crippen LogP contribution in [0, 0.1) is 0 Å². The topological polar surface area (TPSA) is 44.8 Å². The molecule has 0 aliphatic rings. The van der Waals surface area contributed by atoms with Crippen molar-refractivity contribution in [3.8, 4) is 0 Å². The molecule has 4 nitrogen and oxygen atoms in total. The maximum absolute atomic E-state index is 12.3. The van der Waals surface area contributed by atoms with Crippen molar-refractivity contribution < 1.29 is 17.7 Å². The molecular formula is C24H50ClO4P. The zero-order valence-electron chi connectivity index (χ0n) is 20.0. The normalized spacial score (nSPS) is 12.0. The summed E-state index contributed by atoms with van der Waals surface area (Å²) in [5.41, 5.74) is 0. The molecule has 0 saturated heterocycles. The zero-order chi connectivity index (χ0) is 22.2. The zero-order valence-corrected chi connectivity index (χ0v) is 21.7. The van der Waals surface area contributed by atoms with Crippen LogP contribution in [-0.2, 0) is 17.7 Å². The first-order valence-corrected chi connectivity index (χ1v) is 14.6. The standard InChI is InChI=1S/C24H50ClO4P/c1-3-5-7-9-11-13-15-17-19-21-23-27-30(26,29-25)28-24-22-20-18-16-14-12-10-8-6-4-2/h3-24H2,1-2H3. The summed E-state index contributed by atoms with van der Waals surface area (Å²) in [6, 6.07) is 0. The molecule has 0 spiro atoms. The SMILES string of the molecule is CCCCCCCCCCCCOP(=O)(OCl)OCCCCCCCCCCCC. The van der Waals surface area contributed by atoms with E-state index < -0.39 is 7.82 Å². The molecule has 0 saturated carbocycles. The second kappa shape index (κ2) is 24.1. The average molecular weight is 469 g/mol. The van der Waals surface area contributed by atoms with Gasteiger partial charge in [-0.1, -0.05) is 129 Å². The van der Waals surface area contributed by atoms with Crippen LogP contribution in [-0.4, -0.2) is 13.2 Å². The highest BCUT2D eigenvalue weighted by molar-refractivity contribution is 7.49. The summed E-state index contributed by atoms with van der Waals surface area (Å²) < 4.78 is 27.5. The van der Waals surface area contributed by atoms with Crippen molar-refractivity contribution in [2.75, 3.05) is 13.2 Å². The Balaban J connectivity index is 3.46. The van der Waals surface area contributed by atoms with E-state index in [1.165, 1.54) is 103 Å². The first-order valence-electron chi connectivity index (χ1n) is 12.9. The minimum absolute atomic E-state index is 0.374. The molecule has 0 fully saturated rings. The number of halogens is 1. The Morgan fingerprint density at radius 2 is 0.767 bits per heavy atom. The van der Waals surface area contributed by atoms with E-state index in [0.29, 0.717) is 13.2 Å². The van der Waals surface area contributed by atoms with Crippen LogP contribution in [0.5, 0.6) is 0 Å². The van der Waals surface area contributed by atoms with Gasteiger partial charge in [0, 0.05) is 0 Å². The number of hydrogen-bond acceptors (Lipinski definition) is 4. The van der Waals surface area contributed by atoms with Gasteiger partial charge in [0.15, 0.2) is 0 Å². The van der Waals surface area contributed by atoms with Crippen LogP contribution in [0.3, 0.4) is 0 Å². The van der Waals surface area contributed by atoms with Gasteiger partial charge in [0.05, 0.1) is 25.1 Å². The van der Waals surface area contributed by atoms with Gasteiger partial charge < -0.3 is 0 Å². The fourth-order valence-electron chi connectivity index (χ4n) is 3.61. The highest BCUT2D eigenvalue weighted by atomic mass is 35.5. The van der Waals surface area contributed by atoms with Gasteiger partial charge in [-0.15, -0.1) is 0 Å². The Kier molecular flexibility index (Phi) is 24.4. The van der Waals surface area contributed by atoms with Crippen molar-refractivity contribution in [2.45, 2.75) is 142 Å². The van der Waals surface area contributed by atoms with Crippen LogP contribution in [0.25, 0.3) is 0 Å². The molecular weight excluding hydrogens is 419 g/mol. The van der Waals surface area contributed by atoms with Gasteiger partial charge in [0.25, 0.3) is 0 Å². The van der Waals surface area contributed by atoms with Crippen LogP contribution in [0.4, 0.5) is 0 Å². The number of phosphoric ester groups is 1. The molecule has 182 valence electrons. The Bertz CT molecular complexity index is 352. The number of hydrogen-bond donors (Lipinski definition) is 0. The molecule has 0 unspecified atom stereocenters. The van der Waals surface area contributed by atoms with Crippen molar-refractivity contribution >= 4 is 19.7 Å². The first-order chi connectivity index (χ1) is 14.7. The summed E-state index contributed by atoms with van der Waals surface area (Å²) >= 11 is 5.36. The van der Waals surface area contributed by atoms with Gasteiger partial charge in [-0.05, 0) is 12.8 Å². The summed E-state index contributed by atoms with van der Waals surface area (Å²) in [4.78, 5) is 0. The van der Waals surface area contributed by atoms with E-state index in [-0.39, 0.29) is 0 Å². The van der Waals surface area contributed by atoms with Gasteiger partial charge in [-0.3, -0.25) is 9.05 Å². The van der Waals surface area contributed by atoms with Gasteiger partial charge in [0.2, 0.25) is 0 Å². The largest absolute Gasteiger partial charge is 0.491 e. The monoisotopic (exact) mass is 468 g/mol. The van der Waals surface area contributed by atoms with Gasteiger partial charge in [0.1, 0.15) is 0 Å². The third kappa shape index (κ3) is 21.6. The Morgan fingerprint density at radius 1 is 0.500 bits per heavy atom. The summed E-state index contributed by atoms with van der Waals surface area (Å²) in [6.07, 6.45) is 24.9. The highest BCUT2D eigenvalue weighted by Crippen LogP contribution is 2.50. The lowest BCUT2D eigenvalue weighted by atomic mass is 10.1. The van der Waals surface area contributed by atoms with Crippen molar-refractivity contribution in [2.24, 2.45) is 0 Å². The van der Waals surface area contributed by atoms with Crippen molar-refractivity contribution in [3.63, 3.8) is 0 Å². The Labute approximate surface area is 192 Å². The second-order valence-electron chi connectivity index (χ2n) is 8.55. The molecule has 0 aliphatic carbocycles. The third-order valence-corrected chi connectivity index (χ3v) is 7.25. The van der Waals surface area contributed by atoms with Crippen LogP contribution < -0.4 is 0 Å². The predicted molar refractivity (Wildman–Crippen MR) is 130 cm³/mol. The molecule has 0 aromatic rings. The molecule has 0 heterocycles. The van der Waals surface area contributed by atoms with Crippen LogP contribution in [0.2, 0.25) is 0 Å². The van der Waals surface area contributed by atoms with Gasteiger partial charge in [-0.25, -0.2) is 4.57 Å². The predicted octanol–water partition coefficient (Wildman–Crippen LogP) is 10.1. The molecule has 30 heavy (non-hydrogen) atoms. The lowest BCUT2D eigenvalue weighted by Crippen LogP contribution is -2.00. The summed E-state index contributed by atoms with van der Waals surface area (Å²) in [6.45, 7) is 5.25. The first kappa shape index (κ1) is 30.4. The van der Waals surface area contributed by atoms with Crippen LogP contribution >= 0.6 is 19.7 Å². The second-order valence-corrected chi connectivity index (χ2v) is 10.5. The molecule has 0 radical (unpaired) electrons. The molecule has 0 aromatic carbocycles. The molecule has 0 aliphatic heterocycles. The lowest BCUT2D eigenvalue weighted by molar-refractivity contribution is 0.154. The highest BCUT2D eigenvalue weighted by Gasteiger charge is 2.26. The summed E-state index contributed by atoms with van der Waals surface area (Å²) in [5.74, 6) is 0. The number of phosphoric acid groups is 1. The number of rotatable bonds is 25. The van der Waals surface area contributed by atoms with Crippen molar-refractivity contribution in [1.82, 2.24) is 0 Å². The maximum atomic E-state index is 12.3. The minimum atomic E-state index is -3.59. The fraction of sp³-hybridized carbons (Fsp3) is 1.00. The molecule has 0 aromatic heterocycles. The molecule has 0 bridgehead atoms. The van der Waals surface area contributed by atoms with Crippen molar-refractivity contribution in [1.29, 1.82) is 0 Å². The van der Waals surface area contributed by atoms with E-state index in [4.69, 9.17) is 20.9 Å². The minimum Gasteiger partial charge on any atom is -0.286 e. The van der Waals surface area contributed by atoms with E-state index in [0.717, 1.165) is 25.7 Å². The lowest BCUT2D eigenvalue weighted by Gasteiger charge is -2.14. The molecule has 6 heteroatoms. The summed E-state index contributed by atoms with van der Waals surface area (Å²) in [7, 11) is -3.59. The van der Waals surface area contributed by atoms with Gasteiger partial charge >= 0.3 is 7.82 Å². The summed E-state index contributed by atoms with van der Waals surface area (Å²) in [5, 5.41) is 0. The Morgan fingerprint density at radius 3 is 1.03 bits per heavy atom. The molecule has 0 N–H and O–H groups in total. The van der Waals surface area contributed by atoms with Gasteiger partial charge in [-0.2, -0.15) is 4.08 Å². The Hall–Kier alpha value is 0.400. The third-order valence-electron chi connectivity index (χ3n) is 5.58. The maximum Gasteiger partial charge on any atom is 0.491 e. The average Bonchev–Trinajstić information content (AvgIpc) is 2.76. The smallest absolute Gasteiger partial charge is 0.286 e. The van der Waals surface area contributed by atoms with E-state index >= 15 is 0 Å². The fourth-order valence-corrected chi connectivity index (χ4v) is 4.71. The van der Waals surface area contributed by atoms with E-state index in [1.54, 1.807) is 0 Å².